The van der Waals surface area contributed by atoms with Gasteiger partial charge in [0.15, 0.2) is 0 Å². The van der Waals surface area contributed by atoms with Crippen LogP contribution in [0.5, 0.6) is 0 Å². The molecule has 0 fully saturated rings. The van der Waals surface area contributed by atoms with Gasteiger partial charge in [-0.05, 0) is 57.4 Å². The van der Waals surface area contributed by atoms with Crippen molar-refractivity contribution in [3.8, 4) is 0 Å². The van der Waals surface area contributed by atoms with Crippen LogP contribution in [0.25, 0.3) is 0 Å². The van der Waals surface area contributed by atoms with Crippen molar-refractivity contribution in [2.24, 2.45) is 0 Å². The van der Waals surface area contributed by atoms with E-state index in [2.05, 4.69) is 31.3 Å². The number of aryl methyl sites for hydroxylation is 3. The van der Waals surface area contributed by atoms with Crippen LogP contribution in [0.4, 0.5) is 5.69 Å². The van der Waals surface area contributed by atoms with E-state index in [1.807, 2.05) is 45.0 Å². The highest BCUT2D eigenvalue weighted by atomic mass is 35.5. The molecule has 2 nitrogen and oxygen atoms in total. The fourth-order valence-electron chi connectivity index (χ4n) is 2.85. The standard InChI is InChI=1S/C20H24ClNOS/c1-12-10-13(2)19(14(3)11-12)22-20(23)16(5)24-15(4)17-8-6-7-9-18(17)21/h6-11,15-16H,1-5H3,(H,22,23). The first kappa shape index (κ1) is 18.9. The molecule has 2 unspecified atom stereocenters. The number of halogens is 1. The Morgan fingerprint density at radius 3 is 2.25 bits per heavy atom. The molecule has 0 radical (unpaired) electrons. The molecule has 0 saturated carbocycles. The lowest BCUT2D eigenvalue weighted by molar-refractivity contribution is -0.115. The summed E-state index contributed by atoms with van der Waals surface area (Å²) in [6.45, 7) is 10.1. The minimum atomic E-state index is -0.170. The van der Waals surface area contributed by atoms with Gasteiger partial charge in [0.05, 0.1) is 5.25 Å². The topological polar surface area (TPSA) is 29.1 Å². The molecule has 2 atom stereocenters. The monoisotopic (exact) mass is 361 g/mol. The zero-order valence-electron chi connectivity index (χ0n) is 14.8. The molecular weight excluding hydrogens is 338 g/mol. The molecule has 0 spiro atoms. The van der Waals surface area contributed by atoms with Crippen LogP contribution in [0, 0.1) is 20.8 Å². The Hall–Kier alpha value is -1.45. The van der Waals surface area contributed by atoms with Crippen molar-refractivity contribution >= 4 is 35.0 Å². The number of carbonyl (C=O) groups excluding carboxylic acids is 1. The van der Waals surface area contributed by atoms with Gasteiger partial charge in [0.25, 0.3) is 0 Å². The highest BCUT2D eigenvalue weighted by Crippen LogP contribution is 2.36. The van der Waals surface area contributed by atoms with Crippen LogP contribution in [-0.4, -0.2) is 11.2 Å². The molecule has 0 heterocycles. The quantitative estimate of drug-likeness (QED) is 0.698. The Bertz CT molecular complexity index is 721. The summed E-state index contributed by atoms with van der Waals surface area (Å²) in [6.07, 6.45) is 0. The largest absolute Gasteiger partial charge is 0.325 e. The molecule has 4 heteroatoms. The molecule has 0 aliphatic carbocycles. The summed E-state index contributed by atoms with van der Waals surface area (Å²) in [5.74, 6) is 0.0222. The minimum Gasteiger partial charge on any atom is -0.325 e. The average molecular weight is 362 g/mol. The van der Waals surface area contributed by atoms with E-state index in [0.29, 0.717) is 0 Å². The van der Waals surface area contributed by atoms with Gasteiger partial charge < -0.3 is 5.32 Å². The summed E-state index contributed by atoms with van der Waals surface area (Å²) >= 11 is 7.87. The summed E-state index contributed by atoms with van der Waals surface area (Å²) < 4.78 is 0. The lowest BCUT2D eigenvalue weighted by atomic mass is 10.1. The van der Waals surface area contributed by atoms with Crippen molar-refractivity contribution in [2.75, 3.05) is 5.32 Å². The Labute approximate surface area is 154 Å². The predicted octanol–water partition coefficient (Wildman–Crippen LogP) is 6.09. The van der Waals surface area contributed by atoms with Gasteiger partial charge in [-0.3, -0.25) is 4.79 Å². The molecule has 0 aliphatic heterocycles. The summed E-state index contributed by atoms with van der Waals surface area (Å²) in [4.78, 5) is 12.6. The molecule has 0 aliphatic rings. The first-order valence-electron chi connectivity index (χ1n) is 8.08. The van der Waals surface area contributed by atoms with Crippen LogP contribution in [-0.2, 0) is 4.79 Å². The fraction of sp³-hybridized carbons (Fsp3) is 0.350. The van der Waals surface area contributed by atoms with Crippen molar-refractivity contribution in [3.05, 3.63) is 63.7 Å². The van der Waals surface area contributed by atoms with Gasteiger partial charge in [0.2, 0.25) is 5.91 Å². The number of hydrogen-bond acceptors (Lipinski definition) is 2. The predicted molar refractivity (Wildman–Crippen MR) is 106 cm³/mol. The number of nitrogens with one attached hydrogen (secondary N) is 1. The first-order valence-corrected chi connectivity index (χ1v) is 9.40. The fourth-order valence-corrected chi connectivity index (χ4v) is 4.36. The molecule has 128 valence electrons. The third kappa shape index (κ3) is 4.55. The second-order valence-electron chi connectivity index (χ2n) is 6.21. The zero-order valence-corrected chi connectivity index (χ0v) is 16.4. The van der Waals surface area contributed by atoms with Crippen LogP contribution < -0.4 is 5.32 Å². The van der Waals surface area contributed by atoms with Crippen LogP contribution in [0.3, 0.4) is 0 Å². The first-order chi connectivity index (χ1) is 11.3. The maximum absolute atomic E-state index is 12.6. The van der Waals surface area contributed by atoms with Gasteiger partial charge in [-0.2, -0.15) is 0 Å². The van der Waals surface area contributed by atoms with Crippen LogP contribution >= 0.6 is 23.4 Å². The molecule has 0 saturated heterocycles. The maximum Gasteiger partial charge on any atom is 0.237 e. The highest BCUT2D eigenvalue weighted by molar-refractivity contribution is 8.00. The van der Waals surface area contributed by atoms with Crippen LogP contribution in [0.1, 0.15) is 41.4 Å². The Morgan fingerprint density at radius 2 is 1.67 bits per heavy atom. The van der Waals surface area contributed by atoms with Crippen LogP contribution in [0.15, 0.2) is 36.4 Å². The molecule has 2 aromatic rings. The molecule has 0 aromatic heterocycles. The number of hydrogen-bond donors (Lipinski definition) is 1. The van der Waals surface area contributed by atoms with E-state index in [-0.39, 0.29) is 16.4 Å². The molecule has 2 rings (SSSR count). The van der Waals surface area contributed by atoms with E-state index in [0.717, 1.165) is 27.4 Å². The molecule has 0 bridgehead atoms. The third-order valence-corrected chi connectivity index (χ3v) is 5.67. The third-order valence-electron chi connectivity index (χ3n) is 4.05. The zero-order chi connectivity index (χ0) is 17.9. The van der Waals surface area contributed by atoms with Crippen molar-refractivity contribution in [1.29, 1.82) is 0 Å². The van der Waals surface area contributed by atoms with E-state index < -0.39 is 0 Å². The van der Waals surface area contributed by atoms with Gasteiger partial charge >= 0.3 is 0 Å². The number of benzene rings is 2. The number of anilines is 1. The second-order valence-corrected chi connectivity index (χ2v) is 8.30. The highest BCUT2D eigenvalue weighted by Gasteiger charge is 2.20. The summed E-state index contributed by atoms with van der Waals surface area (Å²) in [7, 11) is 0. The maximum atomic E-state index is 12.6. The second kappa shape index (κ2) is 8.09. The average Bonchev–Trinajstić information content (AvgIpc) is 2.50. The van der Waals surface area contributed by atoms with Gasteiger partial charge in [-0.15, -0.1) is 11.8 Å². The summed E-state index contributed by atoms with van der Waals surface area (Å²) in [6, 6.07) is 12.0. The molecule has 1 amide bonds. The van der Waals surface area contributed by atoms with Gasteiger partial charge in [-0.1, -0.05) is 47.5 Å². The van der Waals surface area contributed by atoms with Crippen molar-refractivity contribution in [2.45, 2.75) is 45.1 Å². The van der Waals surface area contributed by atoms with Crippen molar-refractivity contribution in [1.82, 2.24) is 0 Å². The Morgan fingerprint density at radius 1 is 1.08 bits per heavy atom. The lowest BCUT2D eigenvalue weighted by Crippen LogP contribution is -2.24. The Balaban J connectivity index is 2.07. The molecule has 2 aromatic carbocycles. The van der Waals surface area contributed by atoms with E-state index in [1.165, 1.54) is 5.56 Å². The van der Waals surface area contributed by atoms with Crippen molar-refractivity contribution in [3.63, 3.8) is 0 Å². The molecular formula is C20H24ClNOS. The van der Waals surface area contributed by atoms with Crippen molar-refractivity contribution < 1.29 is 4.79 Å². The smallest absolute Gasteiger partial charge is 0.237 e. The van der Waals surface area contributed by atoms with Gasteiger partial charge in [-0.25, -0.2) is 0 Å². The van der Waals surface area contributed by atoms with E-state index >= 15 is 0 Å². The molecule has 1 N–H and O–H groups in total. The van der Waals surface area contributed by atoms with E-state index in [1.54, 1.807) is 11.8 Å². The van der Waals surface area contributed by atoms with E-state index in [9.17, 15) is 4.79 Å². The lowest BCUT2D eigenvalue weighted by Gasteiger charge is -2.20. The molecule has 24 heavy (non-hydrogen) atoms. The SMILES string of the molecule is Cc1cc(C)c(NC(=O)C(C)SC(C)c2ccccc2Cl)c(C)c1. The normalized spacial score (nSPS) is 13.4. The van der Waals surface area contributed by atoms with Crippen LogP contribution in [0.2, 0.25) is 5.02 Å². The van der Waals surface area contributed by atoms with E-state index in [4.69, 9.17) is 11.6 Å². The Kier molecular flexibility index (Phi) is 6.36. The van der Waals surface area contributed by atoms with Gasteiger partial charge in [0, 0.05) is 16.0 Å². The number of carbonyl (C=O) groups is 1. The number of thioether (sulfide) groups is 1. The number of rotatable bonds is 5. The summed E-state index contributed by atoms with van der Waals surface area (Å²) in [5, 5.41) is 3.81. The minimum absolute atomic E-state index is 0.0222. The van der Waals surface area contributed by atoms with Gasteiger partial charge in [0.1, 0.15) is 0 Å². The number of amides is 1. The summed E-state index contributed by atoms with van der Waals surface area (Å²) in [5.41, 5.74) is 5.38.